The van der Waals surface area contributed by atoms with Gasteiger partial charge in [-0.15, -0.1) is 0 Å². The molecule has 2 heterocycles. The molecule has 1 fully saturated rings. The molecule has 7 heteroatoms. The van der Waals surface area contributed by atoms with Gasteiger partial charge in [-0.2, -0.15) is 0 Å². The largest absolute Gasteiger partial charge is 0.454 e. The number of ether oxygens (including phenoxy) is 3. The second-order valence-corrected chi connectivity index (χ2v) is 6.55. The van der Waals surface area contributed by atoms with Crippen LogP contribution in [0.3, 0.4) is 0 Å². The van der Waals surface area contributed by atoms with Gasteiger partial charge in [0.15, 0.2) is 11.5 Å². The van der Waals surface area contributed by atoms with Gasteiger partial charge in [-0.3, -0.25) is 9.59 Å². The van der Waals surface area contributed by atoms with E-state index in [2.05, 4.69) is 5.32 Å². The molecule has 2 aromatic rings. The van der Waals surface area contributed by atoms with Gasteiger partial charge in [-0.25, -0.2) is 0 Å². The third-order valence-electron chi connectivity index (χ3n) is 4.60. The van der Waals surface area contributed by atoms with E-state index in [1.54, 1.807) is 23.1 Å². The molecule has 1 N–H and O–H groups in total. The van der Waals surface area contributed by atoms with Crippen molar-refractivity contribution < 1.29 is 23.8 Å². The van der Waals surface area contributed by atoms with Gasteiger partial charge in [0.05, 0.1) is 12.6 Å². The van der Waals surface area contributed by atoms with Crippen LogP contribution in [0.1, 0.15) is 15.9 Å². The Morgan fingerprint density at radius 2 is 1.93 bits per heavy atom. The quantitative estimate of drug-likeness (QED) is 0.892. The van der Waals surface area contributed by atoms with E-state index >= 15 is 0 Å². The third-order valence-corrected chi connectivity index (χ3v) is 4.60. The van der Waals surface area contributed by atoms with E-state index in [-0.39, 0.29) is 31.3 Å². The molecule has 0 aromatic heterocycles. The maximum Gasteiger partial charge on any atom is 0.253 e. The summed E-state index contributed by atoms with van der Waals surface area (Å²) in [5, 5.41) is 2.86. The van der Waals surface area contributed by atoms with E-state index in [9.17, 15) is 9.59 Å². The first-order valence-corrected chi connectivity index (χ1v) is 8.76. The molecule has 7 nitrogen and oxygen atoms in total. The van der Waals surface area contributed by atoms with Crippen molar-refractivity contribution in [1.29, 1.82) is 0 Å². The Morgan fingerprint density at radius 1 is 1.15 bits per heavy atom. The van der Waals surface area contributed by atoms with Gasteiger partial charge in [0.2, 0.25) is 6.79 Å². The van der Waals surface area contributed by atoms with Crippen LogP contribution in [0.15, 0.2) is 42.5 Å². The molecular weight excluding hydrogens is 348 g/mol. The lowest BCUT2D eigenvalue weighted by molar-refractivity contribution is -0.129. The second-order valence-electron chi connectivity index (χ2n) is 6.55. The molecule has 1 unspecified atom stereocenters. The summed E-state index contributed by atoms with van der Waals surface area (Å²) in [5.41, 5.74) is 2.45. The summed E-state index contributed by atoms with van der Waals surface area (Å²) in [6, 6.07) is 12.8. The van der Waals surface area contributed by atoms with Gasteiger partial charge in [-0.1, -0.05) is 17.7 Å². The Hall–Kier alpha value is -3.06. The molecule has 140 valence electrons. The summed E-state index contributed by atoms with van der Waals surface area (Å²) >= 11 is 0. The Kier molecular flexibility index (Phi) is 4.68. The fourth-order valence-corrected chi connectivity index (χ4v) is 3.07. The molecule has 0 saturated carbocycles. The number of aryl methyl sites for hydroxylation is 1. The van der Waals surface area contributed by atoms with E-state index < -0.39 is 0 Å². The Bertz CT molecular complexity index is 865. The van der Waals surface area contributed by atoms with Crippen molar-refractivity contribution >= 4 is 17.5 Å². The van der Waals surface area contributed by atoms with Crippen molar-refractivity contribution in [3.05, 3.63) is 53.6 Å². The monoisotopic (exact) mass is 368 g/mol. The number of nitrogens with one attached hydrogen (secondary N) is 1. The molecule has 1 atom stereocenters. The maximum absolute atomic E-state index is 12.4. The number of carbonyl (C=O) groups excluding carboxylic acids is 2. The van der Waals surface area contributed by atoms with Crippen molar-refractivity contribution in [3.63, 3.8) is 0 Å². The highest BCUT2D eigenvalue weighted by Gasteiger charge is 2.28. The zero-order chi connectivity index (χ0) is 18.8. The number of nitrogens with zero attached hydrogens (tertiary/aromatic N) is 1. The number of fused-ring (bicyclic) bond motifs is 1. The van der Waals surface area contributed by atoms with Crippen molar-refractivity contribution in [2.45, 2.75) is 13.0 Å². The summed E-state index contributed by atoms with van der Waals surface area (Å²) in [6.45, 7) is 2.86. The van der Waals surface area contributed by atoms with Crippen LogP contribution in [0.25, 0.3) is 0 Å². The van der Waals surface area contributed by atoms with Crippen molar-refractivity contribution in [3.8, 4) is 11.5 Å². The van der Waals surface area contributed by atoms with Gasteiger partial charge in [0.25, 0.3) is 11.8 Å². The predicted octanol–water partition coefficient (Wildman–Crippen LogP) is 1.89. The normalized spacial score (nSPS) is 18.5. The molecule has 0 bridgehead atoms. The first-order valence-electron chi connectivity index (χ1n) is 8.76. The summed E-state index contributed by atoms with van der Waals surface area (Å²) < 4.78 is 16.1. The number of hydrogen-bond acceptors (Lipinski definition) is 5. The van der Waals surface area contributed by atoms with Crippen LogP contribution in [0.5, 0.6) is 11.5 Å². The van der Waals surface area contributed by atoms with Crippen LogP contribution in [-0.2, 0) is 9.53 Å². The van der Waals surface area contributed by atoms with Crippen molar-refractivity contribution in [2.75, 3.05) is 31.4 Å². The topological polar surface area (TPSA) is 77.1 Å². The molecule has 27 heavy (non-hydrogen) atoms. The lowest BCUT2D eigenvalue weighted by atomic mass is 10.1. The first kappa shape index (κ1) is 17.4. The van der Waals surface area contributed by atoms with Gasteiger partial charge in [0.1, 0.15) is 6.61 Å². The Morgan fingerprint density at radius 3 is 2.74 bits per heavy atom. The second kappa shape index (κ2) is 7.28. The summed E-state index contributed by atoms with van der Waals surface area (Å²) in [5.74, 6) is 0.884. The van der Waals surface area contributed by atoms with Gasteiger partial charge < -0.3 is 24.4 Å². The van der Waals surface area contributed by atoms with E-state index in [1.165, 1.54) is 0 Å². The molecule has 2 aromatic carbocycles. The van der Waals surface area contributed by atoms with Crippen molar-refractivity contribution in [1.82, 2.24) is 5.32 Å². The van der Waals surface area contributed by atoms with Gasteiger partial charge in [0, 0.05) is 17.8 Å². The SMILES string of the molecule is Cc1ccc(N2CC(CNC(=O)c3ccc4c(c3)OCO4)OCC2=O)cc1. The van der Waals surface area contributed by atoms with Crippen LogP contribution >= 0.6 is 0 Å². The highest BCUT2D eigenvalue weighted by atomic mass is 16.7. The van der Waals surface area contributed by atoms with E-state index in [0.717, 1.165) is 11.3 Å². The molecule has 0 spiro atoms. The lowest BCUT2D eigenvalue weighted by Crippen LogP contribution is -2.50. The molecular formula is C20H20N2O5. The smallest absolute Gasteiger partial charge is 0.253 e. The highest BCUT2D eigenvalue weighted by molar-refractivity contribution is 5.96. The highest BCUT2D eigenvalue weighted by Crippen LogP contribution is 2.32. The molecule has 2 aliphatic heterocycles. The van der Waals surface area contributed by atoms with Crippen molar-refractivity contribution in [2.24, 2.45) is 0 Å². The molecule has 4 rings (SSSR count). The predicted molar refractivity (Wildman–Crippen MR) is 98.2 cm³/mol. The van der Waals surface area contributed by atoms with E-state index in [0.29, 0.717) is 30.2 Å². The minimum absolute atomic E-state index is 0.00155. The van der Waals surface area contributed by atoms with E-state index in [4.69, 9.17) is 14.2 Å². The average molecular weight is 368 g/mol. The van der Waals surface area contributed by atoms with Crippen LogP contribution < -0.4 is 19.7 Å². The zero-order valence-corrected chi connectivity index (χ0v) is 14.9. The zero-order valence-electron chi connectivity index (χ0n) is 14.9. The Labute approximate surface area is 156 Å². The minimum atomic E-state index is -0.276. The number of carbonyl (C=O) groups is 2. The summed E-state index contributed by atoms with van der Waals surface area (Å²) in [7, 11) is 0. The first-order chi connectivity index (χ1) is 13.1. The van der Waals surface area contributed by atoms with Crippen LogP contribution in [0, 0.1) is 6.92 Å². The minimum Gasteiger partial charge on any atom is -0.454 e. The molecule has 2 amide bonds. The number of anilines is 1. The molecule has 2 aliphatic rings. The standard InChI is InChI=1S/C20H20N2O5/c1-13-2-5-15(6-3-13)22-10-16(25-11-19(22)23)9-21-20(24)14-4-7-17-18(8-14)27-12-26-17/h2-8,16H,9-12H2,1H3,(H,21,24). The fourth-order valence-electron chi connectivity index (χ4n) is 3.07. The van der Waals surface area contributed by atoms with Crippen LogP contribution in [-0.4, -0.2) is 44.4 Å². The number of amides is 2. The molecule has 1 saturated heterocycles. The number of rotatable bonds is 4. The maximum atomic E-state index is 12.4. The summed E-state index contributed by atoms with van der Waals surface area (Å²) in [4.78, 5) is 26.3. The van der Waals surface area contributed by atoms with Gasteiger partial charge >= 0.3 is 0 Å². The van der Waals surface area contributed by atoms with Crippen LogP contribution in [0.2, 0.25) is 0 Å². The molecule has 0 radical (unpaired) electrons. The van der Waals surface area contributed by atoms with Gasteiger partial charge in [-0.05, 0) is 37.3 Å². The van der Waals surface area contributed by atoms with Crippen LogP contribution in [0.4, 0.5) is 5.69 Å². The van der Waals surface area contributed by atoms with E-state index in [1.807, 2.05) is 31.2 Å². The number of morpholine rings is 1. The molecule has 0 aliphatic carbocycles. The lowest BCUT2D eigenvalue weighted by Gasteiger charge is -2.33. The Balaban J connectivity index is 1.37. The average Bonchev–Trinajstić information content (AvgIpc) is 3.15. The number of hydrogen-bond donors (Lipinski definition) is 1. The fraction of sp³-hybridized carbons (Fsp3) is 0.300. The third kappa shape index (κ3) is 3.73. The summed E-state index contributed by atoms with van der Waals surface area (Å²) in [6.07, 6.45) is -0.276. The number of benzene rings is 2.